The summed E-state index contributed by atoms with van der Waals surface area (Å²) in [4.78, 5) is 24.4. The van der Waals surface area contributed by atoms with Gasteiger partial charge in [0, 0.05) is 16.1 Å². The number of hydrogen-bond donors (Lipinski definition) is 1. The molecular weight excluding hydrogens is 554 g/mol. The average molecular weight is 580 g/mol. The van der Waals surface area contributed by atoms with E-state index in [2.05, 4.69) is 10.5 Å². The minimum absolute atomic E-state index is 0.118. The van der Waals surface area contributed by atoms with E-state index in [-0.39, 0.29) is 6.54 Å². The normalized spacial score (nSPS) is 11.4. The molecule has 0 bridgehead atoms. The molecule has 1 heterocycles. The van der Waals surface area contributed by atoms with Crippen molar-refractivity contribution < 1.29 is 27.2 Å². The highest BCUT2D eigenvalue weighted by Gasteiger charge is 2.18. The predicted molar refractivity (Wildman–Crippen MR) is 154 cm³/mol. The lowest BCUT2D eigenvalue weighted by molar-refractivity contribution is 0.0526. The molecule has 4 aromatic rings. The molecule has 1 aromatic heterocycles. The number of hydrazone groups is 1. The maximum Gasteiger partial charge on any atom is 0.338 e. The van der Waals surface area contributed by atoms with E-state index in [9.17, 15) is 18.0 Å². The lowest BCUT2D eigenvalue weighted by Crippen LogP contribution is -2.29. The van der Waals surface area contributed by atoms with Crippen LogP contribution in [0.15, 0.2) is 94.4 Å². The van der Waals surface area contributed by atoms with Crippen molar-refractivity contribution in [1.29, 1.82) is 0 Å². The summed E-state index contributed by atoms with van der Waals surface area (Å²) in [5, 5.41) is 4.50. The topological polar surface area (TPSA) is 118 Å². The minimum Gasteiger partial charge on any atom is -0.462 e. The van der Waals surface area contributed by atoms with E-state index < -0.39 is 21.9 Å². The van der Waals surface area contributed by atoms with Crippen LogP contribution in [0.1, 0.15) is 39.0 Å². The lowest BCUT2D eigenvalue weighted by Gasteiger charge is -2.22. The van der Waals surface area contributed by atoms with E-state index in [1.807, 2.05) is 0 Å². The standard InChI is InChI=1S/C29H26ClN3O6S/c1-3-38-29(35)23-8-6-21(7-9-23)27-17-16-26(39-27)18-31-32-28(34)22-10-14-25(15-11-22)33(40(2,36)37)19-20-4-12-24(30)13-5-20/h4-18H,3,19H2,1-2H3,(H,32,34)/b31-18-. The Bertz CT molecular complexity index is 1610. The molecule has 0 aliphatic carbocycles. The number of hydrogen-bond acceptors (Lipinski definition) is 7. The Kier molecular flexibility index (Phi) is 9.03. The van der Waals surface area contributed by atoms with Crippen LogP contribution in [0.5, 0.6) is 0 Å². The Balaban J connectivity index is 1.38. The van der Waals surface area contributed by atoms with Crippen LogP contribution in [0.2, 0.25) is 5.02 Å². The summed E-state index contributed by atoms with van der Waals surface area (Å²) in [6, 6.07) is 23.3. The number of amides is 1. The van der Waals surface area contributed by atoms with Gasteiger partial charge in [-0.15, -0.1) is 0 Å². The van der Waals surface area contributed by atoms with Gasteiger partial charge in [0.1, 0.15) is 11.5 Å². The van der Waals surface area contributed by atoms with E-state index in [0.717, 1.165) is 17.4 Å². The number of sulfonamides is 1. The number of nitrogens with one attached hydrogen (secondary N) is 1. The Labute approximate surface area is 237 Å². The largest absolute Gasteiger partial charge is 0.462 e. The van der Waals surface area contributed by atoms with Gasteiger partial charge in [0.05, 0.1) is 36.9 Å². The first kappa shape index (κ1) is 28.6. The minimum atomic E-state index is -3.59. The van der Waals surface area contributed by atoms with Crippen molar-refractivity contribution in [2.75, 3.05) is 17.2 Å². The summed E-state index contributed by atoms with van der Waals surface area (Å²) in [5.41, 5.74) is 5.10. The number of carbonyl (C=O) groups is 2. The molecule has 0 spiro atoms. The maximum atomic E-state index is 12.6. The highest BCUT2D eigenvalue weighted by molar-refractivity contribution is 7.92. The summed E-state index contributed by atoms with van der Waals surface area (Å²) in [6.07, 6.45) is 2.48. The molecule has 1 amide bonds. The van der Waals surface area contributed by atoms with Crippen molar-refractivity contribution in [1.82, 2.24) is 5.43 Å². The molecule has 0 saturated carbocycles. The van der Waals surface area contributed by atoms with E-state index in [1.165, 1.54) is 22.7 Å². The van der Waals surface area contributed by atoms with Gasteiger partial charge >= 0.3 is 5.97 Å². The first-order valence-corrected chi connectivity index (χ1v) is 14.4. The summed E-state index contributed by atoms with van der Waals surface area (Å²) in [6.45, 7) is 2.17. The SMILES string of the molecule is CCOC(=O)c1ccc(-c2ccc(/C=N\NC(=O)c3ccc(N(Cc4ccc(Cl)cc4)S(C)(=O)=O)cc3)o2)cc1. The summed E-state index contributed by atoms with van der Waals surface area (Å²) in [5.74, 6) is 0.101. The number of nitrogens with zero attached hydrogens (tertiary/aromatic N) is 2. The zero-order chi connectivity index (χ0) is 28.7. The highest BCUT2D eigenvalue weighted by atomic mass is 35.5. The number of ether oxygens (including phenoxy) is 1. The van der Waals surface area contributed by atoms with Crippen LogP contribution >= 0.6 is 11.6 Å². The number of benzene rings is 3. The number of halogens is 1. The zero-order valence-corrected chi connectivity index (χ0v) is 23.3. The van der Waals surface area contributed by atoms with Crippen LogP contribution in [0.25, 0.3) is 11.3 Å². The molecule has 0 aliphatic rings. The molecule has 0 unspecified atom stereocenters. The molecule has 4 rings (SSSR count). The monoisotopic (exact) mass is 579 g/mol. The fourth-order valence-corrected chi connectivity index (χ4v) is 4.73. The molecule has 11 heteroatoms. The van der Waals surface area contributed by atoms with Crippen LogP contribution in [-0.2, 0) is 21.3 Å². The fourth-order valence-electron chi connectivity index (χ4n) is 3.72. The van der Waals surface area contributed by atoms with Gasteiger partial charge in [-0.2, -0.15) is 5.10 Å². The van der Waals surface area contributed by atoms with Gasteiger partial charge in [0.15, 0.2) is 0 Å². The maximum absolute atomic E-state index is 12.6. The highest BCUT2D eigenvalue weighted by Crippen LogP contribution is 2.23. The molecule has 9 nitrogen and oxygen atoms in total. The van der Waals surface area contributed by atoms with Crippen LogP contribution in [-0.4, -0.2) is 39.4 Å². The zero-order valence-electron chi connectivity index (χ0n) is 21.7. The second-order valence-corrected chi connectivity index (χ2v) is 11.0. The third-order valence-corrected chi connectivity index (χ3v) is 7.12. The number of anilines is 1. The van der Waals surface area contributed by atoms with Crippen molar-refractivity contribution in [3.63, 3.8) is 0 Å². The van der Waals surface area contributed by atoms with Gasteiger partial charge in [-0.3, -0.25) is 9.10 Å². The second-order valence-electron chi connectivity index (χ2n) is 8.64. The van der Waals surface area contributed by atoms with Crippen molar-refractivity contribution in [3.8, 4) is 11.3 Å². The van der Waals surface area contributed by atoms with Gasteiger partial charge in [-0.1, -0.05) is 35.9 Å². The fraction of sp³-hybridized carbons (Fsp3) is 0.138. The number of rotatable bonds is 10. The quantitative estimate of drug-likeness (QED) is 0.150. The number of esters is 1. The van der Waals surface area contributed by atoms with E-state index >= 15 is 0 Å². The van der Waals surface area contributed by atoms with Crippen LogP contribution in [0, 0.1) is 0 Å². The Morgan fingerprint density at radius 1 is 0.950 bits per heavy atom. The van der Waals surface area contributed by atoms with Crippen molar-refractivity contribution in [3.05, 3.63) is 112 Å². The Morgan fingerprint density at radius 2 is 1.60 bits per heavy atom. The Morgan fingerprint density at radius 3 is 2.23 bits per heavy atom. The molecule has 3 aromatic carbocycles. The second kappa shape index (κ2) is 12.6. The van der Waals surface area contributed by atoms with Crippen LogP contribution in [0.4, 0.5) is 5.69 Å². The third-order valence-electron chi connectivity index (χ3n) is 5.72. The first-order chi connectivity index (χ1) is 19.1. The van der Waals surface area contributed by atoms with Gasteiger partial charge < -0.3 is 9.15 Å². The van der Waals surface area contributed by atoms with Crippen molar-refractivity contribution in [2.45, 2.75) is 13.5 Å². The molecule has 0 saturated heterocycles. The summed E-state index contributed by atoms with van der Waals surface area (Å²) >= 11 is 5.92. The molecule has 0 aliphatic heterocycles. The van der Waals surface area contributed by atoms with Crippen molar-refractivity contribution >= 4 is 45.4 Å². The first-order valence-electron chi connectivity index (χ1n) is 12.2. The predicted octanol–water partition coefficient (Wildman–Crippen LogP) is 5.51. The molecule has 0 atom stereocenters. The van der Waals surface area contributed by atoms with Gasteiger partial charge in [-0.25, -0.2) is 18.6 Å². The smallest absolute Gasteiger partial charge is 0.338 e. The lowest BCUT2D eigenvalue weighted by atomic mass is 10.1. The van der Waals surface area contributed by atoms with Crippen LogP contribution in [0.3, 0.4) is 0 Å². The van der Waals surface area contributed by atoms with E-state index in [1.54, 1.807) is 79.7 Å². The molecule has 206 valence electrons. The number of furan rings is 1. The van der Waals surface area contributed by atoms with E-state index in [0.29, 0.717) is 40.0 Å². The number of carbonyl (C=O) groups excluding carboxylic acids is 2. The van der Waals surface area contributed by atoms with Gasteiger partial charge in [0.2, 0.25) is 10.0 Å². The van der Waals surface area contributed by atoms with E-state index in [4.69, 9.17) is 20.8 Å². The molecule has 0 radical (unpaired) electrons. The summed E-state index contributed by atoms with van der Waals surface area (Å²) in [7, 11) is -3.59. The van der Waals surface area contributed by atoms with Gasteiger partial charge in [0.25, 0.3) is 5.91 Å². The molecule has 1 N–H and O–H groups in total. The average Bonchev–Trinajstić information content (AvgIpc) is 3.41. The molecule has 0 fully saturated rings. The van der Waals surface area contributed by atoms with Crippen molar-refractivity contribution in [2.24, 2.45) is 5.10 Å². The van der Waals surface area contributed by atoms with Crippen LogP contribution < -0.4 is 9.73 Å². The third kappa shape index (κ3) is 7.37. The summed E-state index contributed by atoms with van der Waals surface area (Å²) < 4.78 is 36.8. The van der Waals surface area contributed by atoms with Gasteiger partial charge in [-0.05, 0) is 73.2 Å². The Hall–Kier alpha value is -4.41. The molecular formula is C29H26ClN3O6S. The molecule has 40 heavy (non-hydrogen) atoms.